The van der Waals surface area contributed by atoms with E-state index in [-0.39, 0.29) is 29.6 Å². The Bertz CT molecular complexity index is 88.6. The topological polar surface area (TPSA) is 86.7 Å². The van der Waals surface area contributed by atoms with E-state index in [1.165, 1.54) is 0 Å². The van der Waals surface area contributed by atoms with Crippen molar-refractivity contribution in [2.45, 2.75) is 0 Å². The molecule has 0 aliphatic carbocycles. The molecule has 0 spiro atoms. The van der Waals surface area contributed by atoms with Crippen molar-refractivity contribution in [2.75, 3.05) is 0 Å². The van der Waals surface area contributed by atoms with Gasteiger partial charge in [0.2, 0.25) is 0 Å². The summed E-state index contributed by atoms with van der Waals surface area (Å²) in [4.78, 5) is 18.5. The fraction of sp³-hybridized carbons (Fsp3) is 0. The molecular weight excluding hydrogens is 143 g/mol. The third-order valence-corrected chi connectivity index (χ3v) is 0.512. The first-order valence-electron chi connectivity index (χ1n) is 1.24. The molecule has 0 rings (SSSR count). The molecule has 0 unspecified atom stereocenters. The van der Waals surface area contributed by atoms with Crippen LogP contribution in [0.1, 0.15) is 0 Å². The summed E-state index contributed by atoms with van der Waals surface area (Å²) in [6.45, 7) is 0. The molecular formula is CHNaO5Si. The summed E-state index contributed by atoms with van der Waals surface area (Å²) < 4.78 is 12.4. The minimum Gasteiger partial charge on any atom is -0.496 e. The molecule has 0 aliphatic heterocycles. The summed E-state index contributed by atoms with van der Waals surface area (Å²) in [5.74, 6) is 0. The zero-order valence-corrected chi connectivity index (χ0v) is 7.08. The molecule has 0 bridgehead atoms. The maximum absolute atomic E-state index is 9.28. The molecule has 0 radical (unpaired) electrons. The smallest absolute Gasteiger partial charge is 0.496 e. The number of hydrogen-bond acceptors (Lipinski definition) is 4. The zero-order chi connectivity index (χ0) is 5.86. The van der Waals surface area contributed by atoms with Gasteiger partial charge in [0.05, 0.1) is 0 Å². The van der Waals surface area contributed by atoms with Gasteiger partial charge in [-0.05, 0) is 0 Å². The third-order valence-electron chi connectivity index (χ3n) is 0.171. The van der Waals surface area contributed by atoms with Crippen molar-refractivity contribution in [3.8, 4) is 0 Å². The molecule has 0 heterocycles. The van der Waals surface area contributed by atoms with Gasteiger partial charge in [-0.3, -0.25) is 0 Å². The maximum Gasteiger partial charge on any atom is 1.00 e. The summed E-state index contributed by atoms with van der Waals surface area (Å²) in [6, 6.07) is 0. The predicted molar refractivity (Wildman–Crippen MR) is 15.6 cm³/mol. The molecule has 1 N–H and O–H groups in total. The van der Waals surface area contributed by atoms with Gasteiger partial charge in [0.1, 0.15) is 0 Å². The van der Waals surface area contributed by atoms with Crippen LogP contribution >= 0.6 is 0 Å². The van der Waals surface area contributed by atoms with E-state index in [1.807, 2.05) is 0 Å². The second-order valence-corrected chi connectivity index (χ2v) is 1.32. The van der Waals surface area contributed by atoms with Crippen LogP contribution in [0.2, 0.25) is 0 Å². The summed E-state index contributed by atoms with van der Waals surface area (Å²) in [7, 11) is -3.53. The molecule has 0 amide bonds. The van der Waals surface area contributed by atoms with Crippen molar-refractivity contribution in [2.24, 2.45) is 0 Å². The monoisotopic (exact) mass is 144 g/mol. The number of carbonyl (C=O) groups is 1. The van der Waals surface area contributed by atoms with E-state index in [0.29, 0.717) is 0 Å². The average Bonchev–Trinajstić information content (AvgIpc) is 1.27. The second kappa shape index (κ2) is 5.23. The van der Waals surface area contributed by atoms with Crippen LogP contribution in [0.15, 0.2) is 0 Å². The van der Waals surface area contributed by atoms with E-state index in [1.54, 1.807) is 0 Å². The molecule has 0 aromatic rings. The molecule has 0 fully saturated rings. The first kappa shape index (κ1) is 11.0. The molecule has 0 aromatic heterocycles. The fourth-order valence-corrected chi connectivity index (χ4v) is 0.214. The van der Waals surface area contributed by atoms with E-state index < -0.39 is 15.3 Å². The van der Waals surface area contributed by atoms with Crippen LogP contribution in [-0.4, -0.2) is 20.4 Å². The van der Waals surface area contributed by atoms with Gasteiger partial charge in [-0.2, -0.15) is 0 Å². The molecule has 7 heteroatoms. The molecule has 0 saturated heterocycles. The second-order valence-electron chi connectivity index (χ2n) is 0.618. The van der Waals surface area contributed by atoms with E-state index in [9.17, 15) is 14.1 Å². The van der Waals surface area contributed by atoms with E-state index >= 15 is 0 Å². The summed E-state index contributed by atoms with van der Waals surface area (Å²) >= 11 is 0. The molecule has 0 aromatic carbocycles. The minimum atomic E-state index is -3.53. The Labute approximate surface area is 68.5 Å². The van der Waals surface area contributed by atoms with Crippen LogP contribution in [0.4, 0.5) is 4.79 Å². The van der Waals surface area contributed by atoms with Gasteiger partial charge >= 0.3 is 44.9 Å². The van der Waals surface area contributed by atoms with E-state index in [2.05, 4.69) is 4.43 Å². The van der Waals surface area contributed by atoms with Gasteiger partial charge < -0.3 is 18.8 Å². The number of hydrogen-bond donors (Lipinski definition) is 1. The molecule has 40 valence electrons. The van der Waals surface area contributed by atoms with Crippen molar-refractivity contribution < 1.29 is 53.1 Å². The van der Waals surface area contributed by atoms with Crippen molar-refractivity contribution in [1.29, 1.82) is 0 Å². The average molecular weight is 144 g/mol. The molecule has 0 saturated carbocycles. The van der Waals surface area contributed by atoms with Gasteiger partial charge in [0.15, 0.2) is 0 Å². The predicted octanol–water partition coefficient (Wildman–Crippen LogP) is -4.54. The fourth-order valence-electron chi connectivity index (χ4n) is 0.0713. The summed E-state index contributed by atoms with van der Waals surface area (Å²) in [5, 5.41) is 7.49. The largest absolute Gasteiger partial charge is 1.00 e. The Morgan fingerprint density at radius 2 is 2.12 bits per heavy atom. The minimum absolute atomic E-state index is 0. The van der Waals surface area contributed by atoms with Crippen LogP contribution in [0.25, 0.3) is 0 Å². The van der Waals surface area contributed by atoms with Crippen LogP contribution in [0.5, 0.6) is 0 Å². The molecule has 5 nitrogen and oxygen atoms in total. The molecule has 0 aliphatic rings. The first-order chi connectivity index (χ1) is 3.13. The SMILES string of the molecule is O=C(O)O[Si](=O)[O-].[Na+]. The van der Waals surface area contributed by atoms with Crippen molar-refractivity contribution in [3.05, 3.63) is 0 Å². The quantitative estimate of drug-likeness (QED) is 0.374. The van der Waals surface area contributed by atoms with Crippen LogP contribution in [0, 0.1) is 0 Å². The van der Waals surface area contributed by atoms with Gasteiger partial charge in [-0.15, -0.1) is 0 Å². The normalized spacial score (nSPS) is 6.50. The Hall–Kier alpha value is 0.0869. The maximum atomic E-state index is 9.28. The van der Waals surface area contributed by atoms with Gasteiger partial charge in [0.25, 0.3) is 0 Å². The summed E-state index contributed by atoms with van der Waals surface area (Å²) in [5.41, 5.74) is 0. The molecule has 8 heavy (non-hydrogen) atoms. The Balaban J connectivity index is 0. The third kappa shape index (κ3) is 9.43. The van der Waals surface area contributed by atoms with Crippen LogP contribution < -0.4 is 34.4 Å². The van der Waals surface area contributed by atoms with E-state index in [0.717, 1.165) is 0 Å². The van der Waals surface area contributed by atoms with E-state index in [4.69, 9.17) is 5.11 Å². The Morgan fingerprint density at radius 1 is 1.75 bits per heavy atom. The van der Waals surface area contributed by atoms with Gasteiger partial charge in [-0.1, -0.05) is 0 Å². The summed E-state index contributed by atoms with van der Waals surface area (Å²) in [6.07, 6.45) is -1.79. The number of rotatable bonds is 1. The molecule has 0 atom stereocenters. The standard InChI is InChI=1S/CHO5Si.Na/c2-1(3)6-7(4)5;/h(H,2,3);/q-1;+1. The first-order valence-corrected chi connectivity index (χ1v) is 2.47. The Kier molecular flexibility index (Phi) is 7.16. The van der Waals surface area contributed by atoms with Gasteiger partial charge in [-0.25, -0.2) is 4.79 Å². The number of carboxylic acid groups (broad SMARTS) is 1. The Morgan fingerprint density at radius 3 is 2.12 bits per heavy atom. The van der Waals surface area contributed by atoms with Crippen LogP contribution in [0.3, 0.4) is 0 Å². The van der Waals surface area contributed by atoms with Crippen LogP contribution in [-0.2, 0) is 8.89 Å². The van der Waals surface area contributed by atoms with Gasteiger partial charge in [0, 0.05) is 0 Å². The van der Waals surface area contributed by atoms with Crippen molar-refractivity contribution in [3.63, 3.8) is 0 Å². The van der Waals surface area contributed by atoms with Crippen molar-refractivity contribution in [1.82, 2.24) is 0 Å². The zero-order valence-electron chi connectivity index (χ0n) is 4.08. The van der Waals surface area contributed by atoms with Crippen molar-refractivity contribution >= 4 is 15.3 Å².